The maximum atomic E-state index is 11.4. The van der Waals surface area contributed by atoms with Crippen molar-refractivity contribution in [3.05, 3.63) is 5.89 Å². The van der Waals surface area contributed by atoms with E-state index in [9.17, 15) is 4.79 Å². The summed E-state index contributed by atoms with van der Waals surface area (Å²) >= 11 is 1.29. The van der Waals surface area contributed by atoms with Gasteiger partial charge in [-0.1, -0.05) is 11.8 Å². The van der Waals surface area contributed by atoms with Gasteiger partial charge in [0, 0.05) is 26.9 Å². The molecule has 1 amide bonds. The third kappa shape index (κ3) is 3.19. The number of rotatable bonds is 4. The van der Waals surface area contributed by atoms with Crippen molar-refractivity contribution in [2.75, 3.05) is 26.4 Å². The summed E-state index contributed by atoms with van der Waals surface area (Å²) in [5.41, 5.74) is 0. The highest BCUT2D eigenvalue weighted by Gasteiger charge is 2.26. The van der Waals surface area contributed by atoms with Crippen LogP contribution in [0.25, 0.3) is 0 Å². The van der Waals surface area contributed by atoms with Gasteiger partial charge in [0.15, 0.2) is 6.04 Å². The van der Waals surface area contributed by atoms with E-state index in [1.165, 1.54) is 18.2 Å². The van der Waals surface area contributed by atoms with Gasteiger partial charge in [-0.2, -0.15) is 0 Å². The lowest BCUT2D eigenvalue weighted by Crippen LogP contribution is -2.81. The molecule has 1 saturated heterocycles. The topological polar surface area (TPSA) is 75.8 Å². The minimum Gasteiger partial charge on any atom is -0.410 e. The van der Waals surface area contributed by atoms with E-state index in [1.54, 1.807) is 19.0 Å². The summed E-state index contributed by atoms with van der Waals surface area (Å²) in [6.45, 7) is 1.12. The number of nitrogens with two attached hydrogens (primary N) is 1. The molecule has 0 spiro atoms. The molecule has 2 rings (SSSR count). The molecule has 17 heavy (non-hydrogen) atoms. The summed E-state index contributed by atoms with van der Waals surface area (Å²) in [5.74, 6) is 1.06. The normalized spacial score (nSPS) is 19.5. The number of hydrogen-bond acceptors (Lipinski definition) is 5. The van der Waals surface area contributed by atoms with Crippen LogP contribution in [0.4, 0.5) is 0 Å². The molecule has 1 aromatic heterocycles. The van der Waals surface area contributed by atoms with Crippen molar-refractivity contribution in [1.29, 1.82) is 0 Å². The van der Waals surface area contributed by atoms with Crippen molar-refractivity contribution in [2.24, 2.45) is 0 Å². The molecule has 94 valence electrons. The molecular formula is C10H17N4O2S+. The summed E-state index contributed by atoms with van der Waals surface area (Å²) in [4.78, 5) is 12.9. The van der Waals surface area contributed by atoms with Crippen LogP contribution in [-0.2, 0) is 4.79 Å². The van der Waals surface area contributed by atoms with Crippen molar-refractivity contribution < 1.29 is 14.5 Å². The Morgan fingerprint density at radius 3 is 3.06 bits per heavy atom. The lowest BCUT2D eigenvalue weighted by Gasteiger charge is -2.07. The van der Waals surface area contributed by atoms with Crippen LogP contribution in [0.2, 0.25) is 0 Å². The van der Waals surface area contributed by atoms with E-state index in [-0.39, 0.29) is 5.91 Å². The highest BCUT2D eigenvalue weighted by Crippen LogP contribution is 2.21. The number of carbonyl (C=O) groups is 1. The first-order valence-corrected chi connectivity index (χ1v) is 6.65. The van der Waals surface area contributed by atoms with Crippen LogP contribution in [-0.4, -0.2) is 47.4 Å². The second kappa shape index (κ2) is 5.50. The van der Waals surface area contributed by atoms with Crippen molar-refractivity contribution in [3.8, 4) is 0 Å². The largest absolute Gasteiger partial charge is 0.410 e. The lowest BCUT2D eigenvalue weighted by atomic mass is 10.2. The van der Waals surface area contributed by atoms with Gasteiger partial charge in [0.2, 0.25) is 5.91 Å². The first-order chi connectivity index (χ1) is 8.16. The van der Waals surface area contributed by atoms with E-state index in [0.717, 1.165) is 13.0 Å². The van der Waals surface area contributed by atoms with E-state index in [2.05, 4.69) is 15.5 Å². The maximum Gasteiger partial charge on any atom is 0.277 e. The quantitative estimate of drug-likeness (QED) is 0.746. The van der Waals surface area contributed by atoms with Crippen molar-refractivity contribution >= 4 is 17.7 Å². The van der Waals surface area contributed by atoms with Crippen LogP contribution in [0.5, 0.6) is 0 Å². The molecule has 0 aliphatic carbocycles. The van der Waals surface area contributed by atoms with Crippen LogP contribution < -0.4 is 5.32 Å². The van der Waals surface area contributed by atoms with Gasteiger partial charge in [-0.25, -0.2) is 0 Å². The van der Waals surface area contributed by atoms with Gasteiger partial charge < -0.3 is 14.6 Å². The molecule has 1 aromatic rings. The molecule has 6 nitrogen and oxygen atoms in total. The molecule has 1 fully saturated rings. The molecule has 2 N–H and O–H groups in total. The minimum absolute atomic E-state index is 0.0437. The van der Waals surface area contributed by atoms with Gasteiger partial charge in [0.1, 0.15) is 0 Å². The highest BCUT2D eigenvalue weighted by atomic mass is 32.2. The Labute approximate surface area is 104 Å². The van der Waals surface area contributed by atoms with Crippen molar-refractivity contribution in [2.45, 2.75) is 24.1 Å². The molecule has 0 unspecified atom stereocenters. The van der Waals surface area contributed by atoms with Crippen molar-refractivity contribution in [1.82, 2.24) is 15.1 Å². The second-order valence-electron chi connectivity index (χ2n) is 4.26. The predicted molar refractivity (Wildman–Crippen MR) is 62.5 cm³/mol. The average molecular weight is 257 g/mol. The number of hydrogen-bond donors (Lipinski definition) is 1. The summed E-state index contributed by atoms with van der Waals surface area (Å²) in [6.07, 6.45) is 2.28. The Morgan fingerprint density at radius 1 is 1.59 bits per heavy atom. The fraction of sp³-hybridized carbons (Fsp3) is 0.700. The zero-order chi connectivity index (χ0) is 12.3. The maximum absolute atomic E-state index is 11.4. The number of amides is 1. The first-order valence-electron chi connectivity index (χ1n) is 5.66. The molecular weight excluding hydrogens is 240 g/mol. The Bertz CT molecular complexity index is 387. The van der Waals surface area contributed by atoms with Crippen LogP contribution in [0, 0.1) is 0 Å². The Kier molecular flexibility index (Phi) is 4.01. The fourth-order valence-corrected chi connectivity index (χ4v) is 2.43. The monoisotopic (exact) mass is 257 g/mol. The van der Waals surface area contributed by atoms with Crippen LogP contribution in [0.15, 0.2) is 9.64 Å². The second-order valence-corrected chi connectivity index (χ2v) is 5.18. The van der Waals surface area contributed by atoms with E-state index < -0.39 is 0 Å². The standard InChI is InChI=1S/C10H16N4O2S/c1-14(2)8(15)6-17-10-13-12-9(16-10)7-4-3-5-11-7/h7,11H,3-6H2,1-2H3/p+1/t7-/m0/s1. The fourth-order valence-electron chi connectivity index (χ4n) is 1.68. The number of aromatic nitrogens is 2. The summed E-state index contributed by atoms with van der Waals surface area (Å²) < 4.78 is 5.54. The van der Waals surface area contributed by atoms with Gasteiger partial charge >= 0.3 is 0 Å². The summed E-state index contributed by atoms with van der Waals surface area (Å²) in [6, 6.07) is 0.307. The summed E-state index contributed by atoms with van der Waals surface area (Å²) in [5, 5.41) is 10.7. The van der Waals surface area contributed by atoms with E-state index in [0.29, 0.717) is 22.9 Å². The lowest BCUT2D eigenvalue weighted by molar-refractivity contribution is -0.678. The van der Waals surface area contributed by atoms with E-state index in [4.69, 9.17) is 4.42 Å². The zero-order valence-electron chi connectivity index (χ0n) is 10.0. The molecule has 0 radical (unpaired) electrons. The van der Waals surface area contributed by atoms with Crippen LogP contribution in [0.1, 0.15) is 24.8 Å². The SMILES string of the molecule is CN(C)C(=O)CSc1nnc([C@@H]2CCC[NH2+]2)o1. The minimum atomic E-state index is 0.0437. The molecule has 0 saturated carbocycles. The Balaban J connectivity index is 1.87. The molecule has 1 atom stereocenters. The molecule has 0 bridgehead atoms. The van der Waals surface area contributed by atoms with Gasteiger partial charge in [-0.3, -0.25) is 4.79 Å². The third-order valence-corrected chi connectivity index (χ3v) is 3.53. The van der Waals surface area contributed by atoms with Crippen LogP contribution in [0.3, 0.4) is 0 Å². The van der Waals surface area contributed by atoms with Crippen LogP contribution >= 0.6 is 11.8 Å². The Morgan fingerprint density at radius 2 is 2.41 bits per heavy atom. The number of carbonyl (C=O) groups excluding carboxylic acids is 1. The van der Waals surface area contributed by atoms with Gasteiger partial charge in [-0.05, 0) is 0 Å². The van der Waals surface area contributed by atoms with Gasteiger partial charge in [-0.15, -0.1) is 10.2 Å². The van der Waals surface area contributed by atoms with Gasteiger partial charge in [0.05, 0.1) is 12.3 Å². The summed E-state index contributed by atoms with van der Waals surface area (Å²) in [7, 11) is 3.46. The number of nitrogens with zero attached hydrogens (tertiary/aromatic N) is 3. The highest BCUT2D eigenvalue weighted by molar-refractivity contribution is 7.99. The molecule has 1 aliphatic heterocycles. The average Bonchev–Trinajstić information content (AvgIpc) is 2.95. The van der Waals surface area contributed by atoms with E-state index in [1.807, 2.05) is 0 Å². The van der Waals surface area contributed by atoms with E-state index >= 15 is 0 Å². The predicted octanol–water partition coefficient (Wildman–Crippen LogP) is -0.352. The van der Waals surface area contributed by atoms with Crippen molar-refractivity contribution in [3.63, 3.8) is 0 Å². The smallest absolute Gasteiger partial charge is 0.277 e. The molecule has 1 aliphatic rings. The zero-order valence-corrected chi connectivity index (χ0v) is 10.9. The third-order valence-electron chi connectivity index (χ3n) is 2.73. The molecule has 0 aromatic carbocycles. The molecule has 7 heteroatoms. The molecule has 2 heterocycles. The first kappa shape index (κ1) is 12.4. The Hall–Kier alpha value is -1.08. The van der Waals surface area contributed by atoms with Gasteiger partial charge in [0.25, 0.3) is 11.1 Å². The number of quaternary nitrogens is 1. The number of thioether (sulfide) groups is 1.